The molecule has 0 unspecified atom stereocenters. The van der Waals surface area contributed by atoms with Gasteiger partial charge < -0.3 is 4.57 Å². The number of nitrogens with zero attached hydrogens (tertiary/aromatic N) is 1. The van der Waals surface area contributed by atoms with Crippen LogP contribution in [0.15, 0.2) is 36.5 Å². The van der Waals surface area contributed by atoms with E-state index >= 15 is 0 Å². The van der Waals surface area contributed by atoms with E-state index in [9.17, 15) is 4.79 Å². The fraction of sp³-hybridized carbons (Fsp3) is 0.154. The second-order valence-corrected chi connectivity index (χ2v) is 3.66. The maximum Gasteiger partial charge on any atom is 0.152 e. The number of carbonyl (C=O) groups is 1. The zero-order chi connectivity index (χ0) is 10.8. The second-order valence-electron chi connectivity index (χ2n) is 3.66. The van der Waals surface area contributed by atoms with E-state index in [1.54, 1.807) is 13.0 Å². The Morgan fingerprint density at radius 3 is 2.80 bits per heavy atom. The summed E-state index contributed by atoms with van der Waals surface area (Å²) in [6.07, 6.45) is 5.50. The van der Waals surface area contributed by atoms with Crippen LogP contribution in [0.3, 0.4) is 0 Å². The van der Waals surface area contributed by atoms with Crippen LogP contribution in [-0.4, -0.2) is 10.4 Å². The highest BCUT2D eigenvalue weighted by Crippen LogP contribution is 2.21. The molecule has 0 spiro atoms. The molecule has 0 aliphatic rings. The van der Waals surface area contributed by atoms with E-state index in [0.29, 0.717) is 0 Å². The lowest BCUT2D eigenvalue weighted by Crippen LogP contribution is -1.81. The Kier molecular flexibility index (Phi) is 2.42. The van der Waals surface area contributed by atoms with Gasteiger partial charge in [0.15, 0.2) is 5.78 Å². The highest BCUT2D eigenvalue weighted by atomic mass is 16.1. The molecule has 1 heterocycles. The lowest BCUT2D eigenvalue weighted by atomic mass is 10.1. The minimum Gasteiger partial charge on any atom is -0.350 e. The second kappa shape index (κ2) is 3.73. The summed E-state index contributed by atoms with van der Waals surface area (Å²) >= 11 is 0. The van der Waals surface area contributed by atoms with Crippen molar-refractivity contribution in [3.05, 3.63) is 42.1 Å². The number of rotatable bonds is 2. The molecule has 0 fully saturated rings. The first-order valence-electron chi connectivity index (χ1n) is 4.91. The molecule has 2 rings (SSSR count). The Morgan fingerprint density at radius 1 is 1.33 bits per heavy atom. The van der Waals surface area contributed by atoms with Crippen LogP contribution in [0.1, 0.15) is 12.5 Å². The summed E-state index contributed by atoms with van der Waals surface area (Å²) in [5.74, 6) is 0.0722. The Bertz CT molecular complexity index is 534. The minimum absolute atomic E-state index is 0.0722. The van der Waals surface area contributed by atoms with Crippen LogP contribution in [0.4, 0.5) is 0 Å². The zero-order valence-electron chi connectivity index (χ0n) is 8.90. The average Bonchev–Trinajstić information content (AvgIpc) is 2.54. The van der Waals surface area contributed by atoms with Gasteiger partial charge in [-0.3, -0.25) is 4.79 Å². The number of ketones is 1. The average molecular weight is 199 g/mol. The van der Waals surface area contributed by atoms with E-state index < -0.39 is 0 Å². The zero-order valence-corrected chi connectivity index (χ0v) is 8.90. The molecule has 0 radical (unpaired) electrons. The van der Waals surface area contributed by atoms with Gasteiger partial charge in [0.25, 0.3) is 0 Å². The molecule has 1 aromatic heterocycles. The van der Waals surface area contributed by atoms with Crippen molar-refractivity contribution in [2.75, 3.05) is 0 Å². The lowest BCUT2D eigenvalue weighted by molar-refractivity contribution is -0.112. The van der Waals surface area contributed by atoms with Gasteiger partial charge in [0.1, 0.15) is 0 Å². The molecular weight excluding hydrogens is 186 g/mol. The first-order chi connectivity index (χ1) is 7.18. The van der Waals surface area contributed by atoms with Gasteiger partial charge in [-0.25, -0.2) is 0 Å². The van der Waals surface area contributed by atoms with Gasteiger partial charge in [-0.15, -0.1) is 0 Å². The maximum atomic E-state index is 10.9. The predicted octanol–water partition coefficient (Wildman–Crippen LogP) is 2.78. The van der Waals surface area contributed by atoms with Crippen LogP contribution in [0, 0.1) is 0 Å². The standard InChI is InChI=1S/C13H13NO/c1-10(15)7-8-11-9-14(2)13-6-4-3-5-12(11)13/h3-9H,1-2H3/b8-7-. The first kappa shape index (κ1) is 9.71. The lowest BCUT2D eigenvalue weighted by Gasteiger charge is -1.92. The Labute approximate surface area is 88.8 Å². The topological polar surface area (TPSA) is 22.0 Å². The number of benzene rings is 1. The molecule has 76 valence electrons. The molecular formula is C13H13NO. The SMILES string of the molecule is CC(=O)/C=C\c1cn(C)c2ccccc12. The summed E-state index contributed by atoms with van der Waals surface area (Å²) < 4.78 is 2.06. The molecule has 0 amide bonds. The van der Waals surface area contributed by atoms with E-state index in [1.165, 1.54) is 10.9 Å². The summed E-state index contributed by atoms with van der Waals surface area (Å²) in [7, 11) is 2.01. The third-order valence-electron chi connectivity index (χ3n) is 2.43. The van der Waals surface area contributed by atoms with Crippen LogP contribution in [0.25, 0.3) is 17.0 Å². The number of allylic oxidation sites excluding steroid dienone is 1. The number of aromatic nitrogens is 1. The number of carbonyl (C=O) groups excluding carboxylic acids is 1. The van der Waals surface area contributed by atoms with Crippen molar-refractivity contribution in [3.8, 4) is 0 Å². The Hall–Kier alpha value is -1.83. The fourth-order valence-electron chi connectivity index (χ4n) is 1.71. The van der Waals surface area contributed by atoms with Crippen molar-refractivity contribution in [2.24, 2.45) is 7.05 Å². The largest absolute Gasteiger partial charge is 0.350 e. The highest BCUT2D eigenvalue weighted by molar-refractivity contribution is 5.96. The molecule has 0 aliphatic heterocycles. The van der Waals surface area contributed by atoms with E-state index in [1.807, 2.05) is 31.5 Å². The van der Waals surface area contributed by atoms with E-state index in [2.05, 4.69) is 16.7 Å². The molecule has 1 aromatic carbocycles. The van der Waals surface area contributed by atoms with Gasteiger partial charge in [0, 0.05) is 29.7 Å². The van der Waals surface area contributed by atoms with Crippen LogP contribution in [0.5, 0.6) is 0 Å². The van der Waals surface area contributed by atoms with Gasteiger partial charge in [0.2, 0.25) is 0 Å². The first-order valence-corrected chi connectivity index (χ1v) is 4.91. The Morgan fingerprint density at radius 2 is 2.07 bits per heavy atom. The maximum absolute atomic E-state index is 10.9. The monoisotopic (exact) mass is 199 g/mol. The molecule has 0 N–H and O–H groups in total. The number of hydrogen-bond acceptors (Lipinski definition) is 1. The fourth-order valence-corrected chi connectivity index (χ4v) is 1.71. The molecule has 0 bridgehead atoms. The van der Waals surface area contributed by atoms with Gasteiger partial charge in [-0.2, -0.15) is 0 Å². The number of fused-ring (bicyclic) bond motifs is 1. The molecule has 2 aromatic rings. The van der Waals surface area contributed by atoms with E-state index in [-0.39, 0.29) is 5.78 Å². The smallest absolute Gasteiger partial charge is 0.152 e. The summed E-state index contributed by atoms with van der Waals surface area (Å²) in [5.41, 5.74) is 2.27. The quantitative estimate of drug-likeness (QED) is 0.682. The van der Waals surface area contributed by atoms with Gasteiger partial charge in [-0.05, 0) is 25.1 Å². The number of hydrogen-bond donors (Lipinski definition) is 0. The van der Waals surface area contributed by atoms with Gasteiger partial charge in [0.05, 0.1) is 0 Å². The predicted molar refractivity (Wildman–Crippen MR) is 62.6 cm³/mol. The summed E-state index contributed by atoms with van der Waals surface area (Å²) in [4.78, 5) is 10.9. The number of para-hydroxylation sites is 1. The molecule has 0 aliphatic carbocycles. The van der Waals surface area contributed by atoms with Crippen molar-refractivity contribution in [1.82, 2.24) is 4.57 Å². The highest BCUT2D eigenvalue weighted by Gasteiger charge is 2.02. The molecule has 0 atom stereocenters. The minimum atomic E-state index is 0.0722. The molecule has 15 heavy (non-hydrogen) atoms. The van der Waals surface area contributed by atoms with Gasteiger partial charge in [-0.1, -0.05) is 18.2 Å². The summed E-state index contributed by atoms with van der Waals surface area (Å²) in [6.45, 7) is 1.56. The molecule has 0 saturated carbocycles. The van der Waals surface area contributed by atoms with Crippen molar-refractivity contribution >= 4 is 22.8 Å². The molecule has 2 heteroatoms. The van der Waals surface area contributed by atoms with Crippen LogP contribution in [-0.2, 0) is 11.8 Å². The number of aryl methyl sites for hydroxylation is 1. The van der Waals surface area contributed by atoms with Crippen molar-refractivity contribution in [1.29, 1.82) is 0 Å². The molecule has 2 nitrogen and oxygen atoms in total. The third kappa shape index (κ3) is 1.84. The van der Waals surface area contributed by atoms with E-state index in [4.69, 9.17) is 0 Å². The van der Waals surface area contributed by atoms with Crippen molar-refractivity contribution in [3.63, 3.8) is 0 Å². The van der Waals surface area contributed by atoms with Crippen LogP contribution >= 0.6 is 0 Å². The molecule has 0 saturated heterocycles. The van der Waals surface area contributed by atoms with Crippen molar-refractivity contribution in [2.45, 2.75) is 6.92 Å². The Balaban J connectivity index is 2.57. The summed E-state index contributed by atoms with van der Waals surface area (Å²) in [6, 6.07) is 8.16. The van der Waals surface area contributed by atoms with Crippen molar-refractivity contribution < 1.29 is 4.79 Å². The van der Waals surface area contributed by atoms with Crippen LogP contribution in [0.2, 0.25) is 0 Å². The van der Waals surface area contributed by atoms with E-state index in [0.717, 1.165) is 5.56 Å². The third-order valence-corrected chi connectivity index (χ3v) is 2.43. The van der Waals surface area contributed by atoms with Gasteiger partial charge >= 0.3 is 0 Å². The normalized spacial score (nSPS) is 11.3. The summed E-state index contributed by atoms with van der Waals surface area (Å²) in [5, 5.41) is 1.18. The van der Waals surface area contributed by atoms with Crippen LogP contribution < -0.4 is 0 Å².